The summed E-state index contributed by atoms with van der Waals surface area (Å²) in [7, 11) is 0. The fourth-order valence-electron chi connectivity index (χ4n) is 1.56. The minimum atomic E-state index is 0.818. The number of nitrogens with one attached hydrogen (secondary N) is 1. The van der Waals surface area contributed by atoms with Crippen molar-refractivity contribution in [2.45, 2.75) is 20.0 Å². The first kappa shape index (κ1) is 11.2. The molecule has 1 aromatic heterocycles. The van der Waals surface area contributed by atoms with Crippen LogP contribution in [0, 0.1) is 6.92 Å². The Labute approximate surface area is 100 Å². The van der Waals surface area contributed by atoms with Crippen LogP contribution in [0.5, 0.6) is 0 Å². The van der Waals surface area contributed by atoms with Gasteiger partial charge in [-0.3, -0.25) is 0 Å². The Hall–Kier alpha value is -1.25. The van der Waals surface area contributed by atoms with Crippen LogP contribution in [0.25, 0.3) is 0 Å². The summed E-state index contributed by atoms with van der Waals surface area (Å²) >= 11 is 5.96. The van der Waals surface area contributed by atoms with Crippen LogP contribution < -0.4 is 5.32 Å². The van der Waals surface area contributed by atoms with E-state index in [9.17, 15) is 0 Å². The van der Waals surface area contributed by atoms with Crippen molar-refractivity contribution in [1.29, 1.82) is 0 Å². The summed E-state index contributed by atoms with van der Waals surface area (Å²) in [6, 6.07) is 8.04. The molecule has 0 saturated heterocycles. The van der Waals surface area contributed by atoms with Crippen molar-refractivity contribution in [3.63, 3.8) is 0 Å². The number of rotatable bonds is 4. The molecule has 1 aromatic carbocycles. The first-order chi connectivity index (χ1) is 7.75. The lowest BCUT2D eigenvalue weighted by Gasteiger charge is -2.05. The van der Waals surface area contributed by atoms with Crippen LogP contribution in [0.2, 0.25) is 5.02 Å². The number of hydrogen-bond donors (Lipinski definition) is 1. The molecule has 2 nitrogen and oxygen atoms in total. The predicted molar refractivity (Wildman–Crippen MR) is 65.4 cm³/mol. The number of benzene rings is 1. The number of hydrogen-bond acceptors (Lipinski definition) is 2. The van der Waals surface area contributed by atoms with Crippen LogP contribution in [-0.2, 0) is 13.1 Å². The maximum Gasteiger partial charge on any atom is 0.0947 e. The molecule has 0 saturated carbocycles. The molecule has 0 amide bonds. The average molecular weight is 236 g/mol. The molecule has 0 fully saturated rings. The molecule has 3 heteroatoms. The first-order valence-electron chi connectivity index (χ1n) is 5.22. The van der Waals surface area contributed by atoms with Crippen LogP contribution in [0.1, 0.15) is 16.7 Å². The third-order valence-electron chi connectivity index (χ3n) is 2.46. The molecule has 1 heterocycles. The fraction of sp³-hybridized carbons (Fsp3) is 0.231. The summed E-state index contributed by atoms with van der Waals surface area (Å²) in [6.07, 6.45) is 3.43. The Balaban J connectivity index is 1.87. The normalized spacial score (nSPS) is 10.6. The van der Waals surface area contributed by atoms with Gasteiger partial charge >= 0.3 is 0 Å². The maximum atomic E-state index is 5.96. The SMILES string of the molecule is Cc1cc(CNCc2ccoc2)ccc1Cl. The molecule has 0 spiro atoms. The molecular formula is C13H14ClNO. The quantitative estimate of drug-likeness (QED) is 0.877. The number of halogens is 1. The highest BCUT2D eigenvalue weighted by molar-refractivity contribution is 6.31. The predicted octanol–water partition coefficient (Wildman–Crippen LogP) is 3.53. The molecule has 2 aromatic rings. The summed E-state index contributed by atoms with van der Waals surface area (Å²) in [5.74, 6) is 0. The summed E-state index contributed by atoms with van der Waals surface area (Å²) in [4.78, 5) is 0. The molecule has 0 aliphatic rings. The smallest absolute Gasteiger partial charge is 0.0947 e. The Morgan fingerprint density at radius 3 is 2.69 bits per heavy atom. The van der Waals surface area contributed by atoms with E-state index < -0.39 is 0 Å². The number of furan rings is 1. The Bertz CT molecular complexity index is 451. The monoisotopic (exact) mass is 235 g/mol. The van der Waals surface area contributed by atoms with E-state index in [2.05, 4.69) is 11.4 Å². The van der Waals surface area contributed by atoms with E-state index in [1.54, 1.807) is 12.5 Å². The van der Waals surface area contributed by atoms with E-state index in [4.69, 9.17) is 16.0 Å². The number of aryl methyl sites for hydroxylation is 1. The zero-order valence-electron chi connectivity index (χ0n) is 9.16. The molecule has 0 atom stereocenters. The van der Waals surface area contributed by atoms with Crippen LogP contribution in [0.3, 0.4) is 0 Å². The summed E-state index contributed by atoms with van der Waals surface area (Å²) < 4.78 is 4.99. The van der Waals surface area contributed by atoms with Crippen LogP contribution in [0.4, 0.5) is 0 Å². The highest BCUT2D eigenvalue weighted by Crippen LogP contribution is 2.16. The molecule has 1 N–H and O–H groups in total. The first-order valence-corrected chi connectivity index (χ1v) is 5.60. The summed E-state index contributed by atoms with van der Waals surface area (Å²) in [5.41, 5.74) is 3.51. The third-order valence-corrected chi connectivity index (χ3v) is 2.88. The zero-order chi connectivity index (χ0) is 11.4. The van der Waals surface area contributed by atoms with E-state index in [1.807, 2.05) is 25.1 Å². The van der Waals surface area contributed by atoms with Crippen molar-refractivity contribution in [3.05, 3.63) is 58.5 Å². The molecule has 0 aliphatic carbocycles. The van der Waals surface area contributed by atoms with Gasteiger partial charge in [0.1, 0.15) is 0 Å². The van der Waals surface area contributed by atoms with Crippen LogP contribution >= 0.6 is 11.6 Å². The topological polar surface area (TPSA) is 25.2 Å². The second-order valence-electron chi connectivity index (χ2n) is 3.82. The van der Waals surface area contributed by atoms with Gasteiger partial charge in [-0.1, -0.05) is 23.7 Å². The van der Waals surface area contributed by atoms with Gasteiger partial charge in [0.05, 0.1) is 12.5 Å². The standard InChI is InChI=1S/C13H14ClNO/c1-10-6-11(2-3-13(10)14)7-15-8-12-4-5-16-9-12/h2-6,9,15H,7-8H2,1H3. The van der Waals surface area contributed by atoms with Gasteiger partial charge in [0, 0.05) is 23.7 Å². The fourth-order valence-corrected chi connectivity index (χ4v) is 1.68. The summed E-state index contributed by atoms with van der Waals surface area (Å²) in [6.45, 7) is 3.67. The molecule has 0 unspecified atom stereocenters. The van der Waals surface area contributed by atoms with Gasteiger partial charge in [-0.2, -0.15) is 0 Å². The lowest BCUT2D eigenvalue weighted by Crippen LogP contribution is -2.12. The molecule has 2 rings (SSSR count). The van der Waals surface area contributed by atoms with Crippen molar-refractivity contribution in [2.75, 3.05) is 0 Å². The summed E-state index contributed by atoms with van der Waals surface area (Å²) in [5, 5.41) is 4.17. The molecule has 16 heavy (non-hydrogen) atoms. The molecule has 0 radical (unpaired) electrons. The van der Waals surface area contributed by atoms with Crippen LogP contribution in [-0.4, -0.2) is 0 Å². The lowest BCUT2D eigenvalue weighted by atomic mass is 10.1. The Kier molecular flexibility index (Phi) is 3.65. The van der Waals surface area contributed by atoms with Crippen molar-refractivity contribution in [3.8, 4) is 0 Å². The molecule has 0 aliphatic heterocycles. The maximum absolute atomic E-state index is 5.96. The van der Waals surface area contributed by atoms with Gasteiger partial charge in [-0.25, -0.2) is 0 Å². The van der Waals surface area contributed by atoms with Gasteiger partial charge in [0.15, 0.2) is 0 Å². The van der Waals surface area contributed by atoms with Crippen molar-refractivity contribution in [2.24, 2.45) is 0 Å². The Morgan fingerprint density at radius 1 is 1.19 bits per heavy atom. The highest BCUT2D eigenvalue weighted by atomic mass is 35.5. The highest BCUT2D eigenvalue weighted by Gasteiger charge is 1.98. The van der Waals surface area contributed by atoms with E-state index in [1.165, 1.54) is 5.56 Å². The van der Waals surface area contributed by atoms with Gasteiger partial charge in [0.2, 0.25) is 0 Å². The largest absolute Gasteiger partial charge is 0.472 e. The lowest BCUT2D eigenvalue weighted by molar-refractivity contribution is 0.560. The van der Waals surface area contributed by atoms with Crippen molar-refractivity contribution >= 4 is 11.6 Å². The molecule has 0 bridgehead atoms. The van der Waals surface area contributed by atoms with E-state index >= 15 is 0 Å². The van der Waals surface area contributed by atoms with Crippen LogP contribution in [0.15, 0.2) is 41.2 Å². The second-order valence-corrected chi connectivity index (χ2v) is 4.23. The molecule has 84 valence electrons. The van der Waals surface area contributed by atoms with Gasteiger partial charge in [-0.05, 0) is 30.2 Å². The van der Waals surface area contributed by atoms with Crippen molar-refractivity contribution in [1.82, 2.24) is 5.32 Å². The van der Waals surface area contributed by atoms with Gasteiger partial charge in [-0.15, -0.1) is 0 Å². The minimum Gasteiger partial charge on any atom is -0.472 e. The van der Waals surface area contributed by atoms with E-state index in [0.29, 0.717) is 0 Å². The Morgan fingerprint density at radius 2 is 2.00 bits per heavy atom. The van der Waals surface area contributed by atoms with E-state index in [0.717, 1.165) is 29.2 Å². The van der Waals surface area contributed by atoms with Gasteiger partial charge < -0.3 is 9.73 Å². The van der Waals surface area contributed by atoms with Gasteiger partial charge in [0.25, 0.3) is 0 Å². The molecular weight excluding hydrogens is 222 g/mol. The second kappa shape index (κ2) is 5.19. The van der Waals surface area contributed by atoms with Crippen molar-refractivity contribution < 1.29 is 4.42 Å². The average Bonchev–Trinajstić information content (AvgIpc) is 2.76. The van der Waals surface area contributed by atoms with E-state index in [-0.39, 0.29) is 0 Å². The minimum absolute atomic E-state index is 0.818. The zero-order valence-corrected chi connectivity index (χ0v) is 9.92. The third kappa shape index (κ3) is 2.87.